The standard InChI is InChI=1S/C14H21NO3/c1-10(2)15(4)14(17)9-18-13-7-5-6-12(8-13)11(3)16/h5-8,10-11,16H,9H2,1-4H3. The molecule has 18 heavy (non-hydrogen) atoms. The number of aliphatic hydroxyl groups excluding tert-OH is 1. The van der Waals surface area contributed by atoms with E-state index in [0.717, 1.165) is 5.56 Å². The van der Waals surface area contributed by atoms with E-state index in [1.165, 1.54) is 0 Å². The summed E-state index contributed by atoms with van der Waals surface area (Å²) in [5.41, 5.74) is 0.775. The van der Waals surface area contributed by atoms with Gasteiger partial charge in [-0.1, -0.05) is 12.1 Å². The molecule has 0 aliphatic heterocycles. The van der Waals surface area contributed by atoms with E-state index in [0.29, 0.717) is 5.75 Å². The Morgan fingerprint density at radius 1 is 1.39 bits per heavy atom. The number of aliphatic hydroxyl groups is 1. The molecule has 0 aromatic heterocycles. The largest absolute Gasteiger partial charge is 0.484 e. The summed E-state index contributed by atoms with van der Waals surface area (Å²) in [4.78, 5) is 13.4. The molecule has 0 fully saturated rings. The molecule has 0 heterocycles. The van der Waals surface area contributed by atoms with Crippen LogP contribution in [-0.4, -0.2) is 35.6 Å². The van der Waals surface area contributed by atoms with Crippen LogP contribution in [0.2, 0.25) is 0 Å². The second-order valence-electron chi connectivity index (χ2n) is 4.64. The lowest BCUT2D eigenvalue weighted by molar-refractivity contribution is -0.133. The smallest absolute Gasteiger partial charge is 0.260 e. The third kappa shape index (κ3) is 4.04. The summed E-state index contributed by atoms with van der Waals surface area (Å²) < 4.78 is 5.43. The molecule has 0 spiro atoms. The Morgan fingerprint density at radius 2 is 2.06 bits per heavy atom. The van der Waals surface area contributed by atoms with E-state index in [9.17, 15) is 9.90 Å². The van der Waals surface area contributed by atoms with Gasteiger partial charge in [-0.2, -0.15) is 0 Å². The molecule has 1 aromatic rings. The fourth-order valence-electron chi connectivity index (χ4n) is 1.40. The minimum Gasteiger partial charge on any atom is -0.484 e. The highest BCUT2D eigenvalue weighted by Crippen LogP contribution is 2.18. The Morgan fingerprint density at radius 3 is 2.61 bits per heavy atom. The van der Waals surface area contributed by atoms with E-state index in [1.54, 1.807) is 37.1 Å². The van der Waals surface area contributed by atoms with Crippen LogP contribution in [0.4, 0.5) is 0 Å². The van der Waals surface area contributed by atoms with Crippen molar-refractivity contribution >= 4 is 5.91 Å². The molecule has 4 heteroatoms. The SMILES string of the molecule is CC(O)c1cccc(OCC(=O)N(C)C(C)C)c1. The molecule has 1 amide bonds. The molecular weight excluding hydrogens is 230 g/mol. The van der Waals surface area contributed by atoms with Crippen molar-refractivity contribution in [2.45, 2.75) is 32.9 Å². The van der Waals surface area contributed by atoms with Gasteiger partial charge in [-0.05, 0) is 38.5 Å². The minimum atomic E-state index is -0.539. The molecule has 0 aliphatic rings. The third-order valence-corrected chi connectivity index (χ3v) is 2.87. The van der Waals surface area contributed by atoms with Gasteiger partial charge in [0.25, 0.3) is 5.91 Å². The number of likely N-dealkylation sites (N-methyl/N-ethyl adjacent to an activating group) is 1. The number of ether oxygens (including phenoxy) is 1. The molecule has 1 aromatic carbocycles. The van der Waals surface area contributed by atoms with Crippen LogP contribution in [0.3, 0.4) is 0 Å². The fraction of sp³-hybridized carbons (Fsp3) is 0.500. The van der Waals surface area contributed by atoms with Crippen molar-refractivity contribution in [2.75, 3.05) is 13.7 Å². The first-order valence-electron chi connectivity index (χ1n) is 6.08. The van der Waals surface area contributed by atoms with Crippen molar-refractivity contribution in [1.29, 1.82) is 0 Å². The van der Waals surface area contributed by atoms with Crippen LogP contribution in [-0.2, 0) is 4.79 Å². The van der Waals surface area contributed by atoms with E-state index < -0.39 is 6.10 Å². The van der Waals surface area contributed by atoms with Gasteiger partial charge in [0.15, 0.2) is 6.61 Å². The first-order chi connectivity index (χ1) is 8.41. The number of amides is 1. The average Bonchev–Trinajstić information content (AvgIpc) is 2.35. The lowest BCUT2D eigenvalue weighted by Gasteiger charge is -2.21. The molecule has 0 aliphatic carbocycles. The molecule has 0 saturated carbocycles. The lowest BCUT2D eigenvalue weighted by atomic mass is 10.1. The number of rotatable bonds is 5. The molecule has 0 radical (unpaired) electrons. The van der Waals surface area contributed by atoms with E-state index in [-0.39, 0.29) is 18.6 Å². The molecule has 100 valence electrons. The Bertz CT molecular complexity index is 402. The zero-order chi connectivity index (χ0) is 13.7. The number of benzene rings is 1. The van der Waals surface area contributed by atoms with Gasteiger partial charge >= 0.3 is 0 Å². The number of nitrogens with zero attached hydrogens (tertiary/aromatic N) is 1. The van der Waals surface area contributed by atoms with Crippen LogP contribution in [0.5, 0.6) is 5.75 Å². The highest BCUT2D eigenvalue weighted by molar-refractivity contribution is 5.77. The first kappa shape index (κ1) is 14.5. The maximum absolute atomic E-state index is 11.7. The normalized spacial score (nSPS) is 12.3. The van der Waals surface area contributed by atoms with Gasteiger partial charge < -0.3 is 14.7 Å². The van der Waals surface area contributed by atoms with Gasteiger partial charge in [0.2, 0.25) is 0 Å². The zero-order valence-electron chi connectivity index (χ0n) is 11.4. The van der Waals surface area contributed by atoms with Crippen molar-refractivity contribution in [3.8, 4) is 5.75 Å². The highest BCUT2D eigenvalue weighted by atomic mass is 16.5. The number of carbonyl (C=O) groups is 1. The van der Waals surface area contributed by atoms with Crippen molar-refractivity contribution in [3.63, 3.8) is 0 Å². The Labute approximate surface area is 108 Å². The second kappa shape index (κ2) is 6.40. The van der Waals surface area contributed by atoms with Crippen LogP contribution in [0.1, 0.15) is 32.4 Å². The Hall–Kier alpha value is -1.55. The average molecular weight is 251 g/mol. The molecule has 4 nitrogen and oxygen atoms in total. The number of hydrogen-bond donors (Lipinski definition) is 1. The maximum atomic E-state index is 11.7. The van der Waals surface area contributed by atoms with E-state index >= 15 is 0 Å². The van der Waals surface area contributed by atoms with E-state index in [1.807, 2.05) is 19.9 Å². The quantitative estimate of drug-likeness (QED) is 0.870. The van der Waals surface area contributed by atoms with Crippen molar-refractivity contribution < 1.29 is 14.6 Å². The second-order valence-corrected chi connectivity index (χ2v) is 4.64. The van der Waals surface area contributed by atoms with Crippen molar-refractivity contribution in [1.82, 2.24) is 4.90 Å². The fourth-order valence-corrected chi connectivity index (χ4v) is 1.40. The summed E-state index contributed by atoms with van der Waals surface area (Å²) in [6.45, 7) is 5.60. The van der Waals surface area contributed by atoms with Crippen LogP contribution in [0.25, 0.3) is 0 Å². The summed E-state index contributed by atoms with van der Waals surface area (Å²) in [6.07, 6.45) is -0.539. The molecule has 1 unspecified atom stereocenters. The van der Waals surface area contributed by atoms with Crippen LogP contribution < -0.4 is 4.74 Å². The Balaban J connectivity index is 2.58. The van der Waals surface area contributed by atoms with Crippen LogP contribution in [0.15, 0.2) is 24.3 Å². The molecule has 0 bridgehead atoms. The van der Waals surface area contributed by atoms with Gasteiger partial charge in [0, 0.05) is 13.1 Å². The molecule has 0 saturated heterocycles. The molecular formula is C14H21NO3. The summed E-state index contributed by atoms with van der Waals surface area (Å²) in [7, 11) is 1.75. The highest BCUT2D eigenvalue weighted by Gasteiger charge is 2.12. The summed E-state index contributed by atoms with van der Waals surface area (Å²) in [5, 5.41) is 9.46. The summed E-state index contributed by atoms with van der Waals surface area (Å²) in [6, 6.07) is 7.29. The summed E-state index contributed by atoms with van der Waals surface area (Å²) >= 11 is 0. The number of carbonyl (C=O) groups excluding carboxylic acids is 1. The lowest BCUT2D eigenvalue weighted by Crippen LogP contribution is -2.36. The third-order valence-electron chi connectivity index (χ3n) is 2.87. The maximum Gasteiger partial charge on any atom is 0.260 e. The van der Waals surface area contributed by atoms with Gasteiger partial charge in [0.1, 0.15) is 5.75 Å². The van der Waals surface area contributed by atoms with Crippen LogP contribution >= 0.6 is 0 Å². The monoisotopic (exact) mass is 251 g/mol. The van der Waals surface area contributed by atoms with Gasteiger partial charge in [-0.15, -0.1) is 0 Å². The summed E-state index contributed by atoms with van der Waals surface area (Å²) in [5.74, 6) is 0.534. The van der Waals surface area contributed by atoms with E-state index in [2.05, 4.69) is 0 Å². The van der Waals surface area contributed by atoms with Crippen LogP contribution in [0, 0.1) is 0 Å². The number of hydrogen-bond acceptors (Lipinski definition) is 3. The Kier molecular flexibility index (Phi) is 5.16. The zero-order valence-corrected chi connectivity index (χ0v) is 11.4. The van der Waals surface area contributed by atoms with Crippen molar-refractivity contribution in [2.24, 2.45) is 0 Å². The minimum absolute atomic E-state index is 0.0118. The van der Waals surface area contributed by atoms with Crippen molar-refractivity contribution in [3.05, 3.63) is 29.8 Å². The predicted molar refractivity (Wildman–Crippen MR) is 70.5 cm³/mol. The molecule has 1 N–H and O–H groups in total. The van der Waals surface area contributed by atoms with Gasteiger partial charge in [-0.25, -0.2) is 0 Å². The topological polar surface area (TPSA) is 49.8 Å². The molecule has 1 atom stereocenters. The predicted octanol–water partition coefficient (Wildman–Crippen LogP) is 1.99. The van der Waals surface area contributed by atoms with Gasteiger partial charge in [-0.3, -0.25) is 4.79 Å². The van der Waals surface area contributed by atoms with E-state index in [4.69, 9.17) is 4.74 Å². The first-order valence-corrected chi connectivity index (χ1v) is 6.08. The van der Waals surface area contributed by atoms with Gasteiger partial charge in [0.05, 0.1) is 6.10 Å². The molecule has 1 rings (SSSR count).